The number of rotatable bonds is 12. The largest absolute Gasteiger partial charge is 0.471 e. The van der Waals surface area contributed by atoms with Crippen molar-refractivity contribution in [2.45, 2.75) is 58.7 Å². The Bertz CT molecular complexity index is 331. The molecule has 1 amide bonds. The average molecular weight is 360 g/mol. The second kappa shape index (κ2) is 12.0. The number of alkyl halides is 3. The van der Waals surface area contributed by atoms with Gasteiger partial charge in [-0.05, 0) is 26.7 Å². The van der Waals surface area contributed by atoms with Gasteiger partial charge in [0.1, 0.15) is 0 Å². The zero-order valence-corrected chi connectivity index (χ0v) is 15.2. The van der Waals surface area contributed by atoms with Crippen LogP contribution in [-0.4, -0.2) is 49.6 Å². The topological polar surface area (TPSA) is 50.8 Å². The van der Waals surface area contributed by atoms with Crippen LogP contribution in [-0.2, 0) is 13.8 Å². The van der Waals surface area contributed by atoms with Crippen molar-refractivity contribution in [1.82, 2.24) is 9.99 Å². The normalized spacial score (nSPS) is 13.6. The van der Waals surface area contributed by atoms with E-state index in [0.717, 1.165) is 25.8 Å². The third-order valence-electron chi connectivity index (χ3n) is 3.10. The first-order chi connectivity index (χ1) is 10.7. The summed E-state index contributed by atoms with van der Waals surface area (Å²) in [7, 11) is 0.566. The van der Waals surface area contributed by atoms with Crippen LogP contribution in [0.4, 0.5) is 13.2 Å². The summed E-state index contributed by atoms with van der Waals surface area (Å²) in [6, 6.07) is 0.336. The summed E-state index contributed by atoms with van der Waals surface area (Å²) in [5.41, 5.74) is 0. The number of halogens is 3. The van der Waals surface area contributed by atoms with Crippen molar-refractivity contribution in [1.29, 1.82) is 0 Å². The molecule has 0 aromatic rings. The fourth-order valence-electron chi connectivity index (χ4n) is 1.93. The van der Waals surface area contributed by atoms with Crippen LogP contribution in [0.5, 0.6) is 0 Å². The Morgan fingerprint density at radius 3 is 2.30 bits per heavy atom. The zero-order valence-electron chi connectivity index (χ0n) is 14.3. The Kier molecular flexibility index (Phi) is 11.8. The SMILES string of the molecule is CCN(C(C)C)P(OC)OCCCCCCNC(=O)C(F)(F)F. The van der Waals surface area contributed by atoms with Gasteiger partial charge in [-0.2, -0.15) is 13.2 Å². The molecule has 0 aliphatic rings. The number of hydrogen-bond donors (Lipinski definition) is 1. The molecule has 0 bridgehead atoms. The third kappa shape index (κ3) is 10.1. The molecule has 5 nitrogen and oxygen atoms in total. The maximum absolute atomic E-state index is 11.9. The number of carbonyl (C=O) groups is 1. The summed E-state index contributed by atoms with van der Waals surface area (Å²) >= 11 is 0. The van der Waals surface area contributed by atoms with Gasteiger partial charge in [-0.3, -0.25) is 4.79 Å². The molecule has 23 heavy (non-hydrogen) atoms. The number of carbonyl (C=O) groups excluding carboxylic acids is 1. The molecule has 0 radical (unpaired) electrons. The van der Waals surface area contributed by atoms with Gasteiger partial charge in [-0.15, -0.1) is 0 Å². The summed E-state index contributed by atoms with van der Waals surface area (Å²) in [4.78, 5) is 10.6. The highest BCUT2D eigenvalue weighted by molar-refractivity contribution is 7.44. The Morgan fingerprint density at radius 2 is 1.83 bits per heavy atom. The molecule has 138 valence electrons. The summed E-state index contributed by atoms with van der Waals surface area (Å²) in [5.74, 6) is -1.88. The molecule has 0 aromatic carbocycles. The summed E-state index contributed by atoms with van der Waals surface area (Å²) in [5, 5.41) is 1.86. The lowest BCUT2D eigenvalue weighted by Crippen LogP contribution is -2.37. The first kappa shape index (κ1) is 22.6. The zero-order chi connectivity index (χ0) is 17.9. The molecule has 0 saturated carbocycles. The average Bonchev–Trinajstić information content (AvgIpc) is 2.46. The fraction of sp³-hybridized carbons (Fsp3) is 0.929. The van der Waals surface area contributed by atoms with Crippen molar-refractivity contribution >= 4 is 14.4 Å². The Labute approximate surface area is 137 Å². The van der Waals surface area contributed by atoms with E-state index < -0.39 is 20.6 Å². The van der Waals surface area contributed by atoms with Crippen molar-refractivity contribution in [3.63, 3.8) is 0 Å². The molecule has 0 heterocycles. The van der Waals surface area contributed by atoms with E-state index in [0.29, 0.717) is 19.1 Å². The highest BCUT2D eigenvalue weighted by Gasteiger charge is 2.38. The molecule has 9 heteroatoms. The van der Waals surface area contributed by atoms with Crippen LogP contribution in [0.15, 0.2) is 0 Å². The van der Waals surface area contributed by atoms with Crippen molar-refractivity contribution in [2.75, 3.05) is 26.8 Å². The van der Waals surface area contributed by atoms with Crippen molar-refractivity contribution in [3.8, 4) is 0 Å². The molecule has 1 N–H and O–H groups in total. The molecule has 1 atom stereocenters. The van der Waals surface area contributed by atoms with Gasteiger partial charge in [-0.1, -0.05) is 19.8 Å². The summed E-state index contributed by atoms with van der Waals surface area (Å²) in [6.07, 6.45) is -1.89. The van der Waals surface area contributed by atoms with Crippen LogP contribution in [0.1, 0.15) is 46.5 Å². The van der Waals surface area contributed by atoms with E-state index in [1.165, 1.54) is 0 Å². The smallest absolute Gasteiger partial charge is 0.348 e. The maximum atomic E-state index is 11.9. The minimum atomic E-state index is -4.80. The predicted molar refractivity (Wildman–Crippen MR) is 84.9 cm³/mol. The van der Waals surface area contributed by atoms with Crippen LogP contribution in [0.3, 0.4) is 0 Å². The van der Waals surface area contributed by atoms with E-state index in [1.807, 2.05) is 12.2 Å². The van der Waals surface area contributed by atoms with E-state index >= 15 is 0 Å². The molecule has 0 rings (SSSR count). The van der Waals surface area contributed by atoms with Gasteiger partial charge >= 0.3 is 12.1 Å². The lowest BCUT2D eigenvalue weighted by molar-refractivity contribution is -0.173. The van der Waals surface area contributed by atoms with Crippen molar-refractivity contribution in [3.05, 3.63) is 0 Å². The number of hydrogen-bond acceptors (Lipinski definition) is 4. The number of nitrogens with zero attached hydrogens (tertiary/aromatic N) is 1. The first-order valence-electron chi connectivity index (χ1n) is 7.82. The highest BCUT2D eigenvalue weighted by Crippen LogP contribution is 2.43. The van der Waals surface area contributed by atoms with E-state index in [1.54, 1.807) is 7.11 Å². The fourth-order valence-corrected chi connectivity index (χ4v) is 3.28. The Hall–Kier alpha value is -0.430. The van der Waals surface area contributed by atoms with E-state index in [9.17, 15) is 18.0 Å². The predicted octanol–water partition coefficient (Wildman–Crippen LogP) is 3.85. The summed E-state index contributed by atoms with van der Waals surface area (Å²) < 4.78 is 49.1. The molecule has 0 saturated heterocycles. The van der Waals surface area contributed by atoms with Crippen LogP contribution in [0.25, 0.3) is 0 Å². The number of amides is 1. The monoisotopic (exact) mass is 360 g/mol. The van der Waals surface area contributed by atoms with Gasteiger partial charge in [0.05, 0.1) is 6.61 Å². The molecule has 0 aliphatic carbocycles. The molecule has 1 unspecified atom stereocenters. The standard InChI is InChI=1S/C14H28F3N2O3P/c1-5-19(12(2)3)23(21-4)22-11-9-7-6-8-10-18-13(20)14(15,16)17/h12H,5-11H2,1-4H3,(H,18,20). The minimum absolute atomic E-state index is 0.0426. The van der Waals surface area contributed by atoms with Crippen LogP contribution >= 0.6 is 8.53 Å². The van der Waals surface area contributed by atoms with Crippen molar-refractivity contribution in [2.24, 2.45) is 0 Å². The highest BCUT2D eigenvalue weighted by atomic mass is 31.2. The molecule has 0 aliphatic heterocycles. The Balaban J connectivity index is 3.71. The van der Waals surface area contributed by atoms with E-state index in [4.69, 9.17) is 9.05 Å². The molecule has 0 spiro atoms. The first-order valence-corrected chi connectivity index (χ1v) is 8.95. The third-order valence-corrected chi connectivity index (χ3v) is 4.98. The van der Waals surface area contributed by atoms with Crippen LogP contribution in [0, 0.1) is 0 Å². The molecular weight excluding hydrogens is 332 g/mol. The van der Waals surface area contributed by atoms with Gasteiger partial charge in [0, 0.05) is 26.2 Å². The molecule has 0 fully saturated rings. The van der Waals surface area contributed by atoms with Gasteiger partial charge in [0.15, 0.2) is 0 Å². The van der Waals surface area contributed by atoms with E-state index in [-0.39, 0.29) is 6.54 Å². The lowest BCUT2D eigenvalue weighted by Gasteiger charge is -2.30. The minimum Gasteiger partial charge on any atom is -0.348 e. The maximum Gasteiger partial charge on any atom is 0.471 e. The number of unbranched alkanes of at least 4 members (excludes halogenated alkanes) is 3. The molecule has 0 aromatic heterocycles. The van der Waals surface area contributed by atoms with E-state index in [2.05, 4.69) is 18.5 Å². The quantitative estimate of drug-likeness (QED) is 0.424. The van der Waals surface area contributed by atoms with Crippen LogP contribution < -0.4 is 5.32 Å². The second-order valence-corrected chi connectivity index (χ2v) is 6.88. The van der Waals surface area contributed by atoms with Gasteiger partial charge < -0.3 is 14.4 Å². The van der Waals surface area contributed by atoms with Gasteiger partial charge in [0.25, 0.3) is 8.53 Å². The molecular formula is C14H28F3N2O3P. The number of nitrogens with one attached hydrogen (secondary N) is 1. The van der Waals surface area contributed by atoms with Crippen molar-refractivity contribution < 1.29 is 27.0 Å². The van der Waals surface area contributed by atoms with Gasteiger partial charge in [-0.25, -0.2) is 4.67 Å². The lowest BCUT2D eigenvalue weighted by atomic mass is 10.2. The second-order valence-electron chi connectivity index (χ2n) is 5.27. The van der Waals surface area contributed by atoms with Crippen LogP contribution in [0.2, 0.25) is 0 Å². The Morgan fingerprint density at radius 1 is 1.22 bits per heavy atom. The summed E-state index contributed by atoms with van der Waals surface area (Å²) in [6.45, 7) is 7.65. The van der Waals surface area contributed by atoms with Gasteiger partial charge in [0.2, 0.25) is 0 Å².